The Bertz CT molecular complexity index is 599. The van der Waals surface area contributed by atoms with Crippen LogP contribution in [0.1, 0.15) is 43.1 Å². The van der Waals surface area contributed by atoms with E-state index in [-0.39, 0.29) is 17.4 Å². The van der Waals surface area contributed by atoms with Crippen LogP contribution >= 0.6 is 0 Å². The second-order valence-electron chi connectivity index (χ2n) is 6.33. The highest BCUT2D eigenvalue weighted by Crippen LogP contribution is 2.40. The Kier molecular flexibility index (Phi) is 4.61. The number of aliphatic hydroxyl groups excluding tert-OH is 1. The Balaban J connectivity index is 2.24. The van der Waals surface area contributed by atoms with Crippen LogP contribution < -0.4 is 10.1 Å². The summed E-state index contributed by atoms with van der Waals surface area (Å²) in [6.45, 7) is 5.79. The molecule has 7 heteroatoms. The molecule has 0 fully saturated rings. The molecule has 1 aromatic carbocycles. The zero-order chi connectivity index (χ0) is 17.4. The third-order valence-corrected chi connectivity index (χ3v) is 4.04. The van der Waals surface area contributed by atoms with E-state index < -0.39 is 24.2 Å². The first-order valence-electron chi connectivity index (χ1n) is 7.40. The number of fused-ring (bicyclic) bond motifs is 1. The first-order chi connectivity index (χ1) is 10.6. The monoisotopic (exact) mass is 331 g/mol. The Morgan fingerprint density at radius 1 is 1.43 bits per heavy atom. The van der Waals surface area contributed by atoms with E-state index in [1.54, 1.807) is 6.07 Å². The molecule has 1 aliphatic rings. The van der Waals surface area contributed by atoms with E-state index in [0.29, 0.717) is 12.4 Å². The smallest absolute Gasteiger partial charge is 0.416 e. The van der Waals surface area contributed by atoms with Crippen molar-refractivity contribution in [3.63, 3.8) is 0 Å². The first-order valence-corrected chi connectivity index (χ1v) is 7.40. The van der Waals surface area contributed by atoms with Crippen molar-refractivity contribution in [1.82, 2.24) is 5.32 Å². The van der Waals surface area contributed by atoms with Crippen LogP contribution in [0.2, 0.25) is 0 Å². The van der Waals surface area contributed by atoms with Gasteiger partial charge >= 0.3 is 6.18 Å². The molecule has 1 amide bonds. The van der Waals surface area contributed by atoms with Gasteiger partial charge in [-0.1, -0.05) is 32.9 Å². The van der Waals surface area contributed by atoms with Crippen LogP contribution in [-0.4, -0.2) is 35.9 Å². The number of aliphatic hydroxyl groups is 1. The number of rotatable bonds is 4. The van der Waals surface area contributed by atoms with Gasteiger partial charge in [-0.15, -0.1) is 0 Å². The predicted molar refractivity (Wildman–Crippen MR) is 78.6 cm³/mol. The lowest BCUT2D eigenvalue weighted by Crippen LogP contribution is -2.49. The van der Waals surface area contributed by atoms with Gasteiger partial charge in [0.1, 0.15) is 5.75 Å². The quantitative estimate of drug-likeness (QED) is 0.892. The van der Waals surface area contributed by atoms with Crippen molar-refractivity contribution < 1.29 is 27.8 Å². The summed E-state index contributed by atoms with van der Waals surface area (Å²) in [5.74, 6) is -0.291. The molecule has 2 N–H and O–H groups in total. The fraction of sp³-hybridized carbons (Fsp3) is 0.562. The van der Waals surface area contributed by atoms with Crippen LogP contribution in [0.4, 0.5) is 13.2 Å². The largest absolute Gasteiger partial charge is 0.492 e. The lowest BCUT2D eigenvalue weighted by atomic mass is 9.86. The maximum atomic E-state index is 12.6. The van der Waals surface area contributed by atoms with Crippen LogP contribution in [0.25, 0.3) is 0 Å². The molecular weight excluding hydrogens is 311 g/mol. The molecule has 1 heterocycles. The van der Waals surface area contributed by atoms with Crippen LogP contribution in [0.3, 0.4) is 0 Å². The molecule has 0 radical (unpaired) electrons. The summed E-state index contributed by atoms with van der Waals surface area (Å²) in [5, 5.41) is 11.6. The summed E-state index contributed by atoms with van der Waals surface area (Å²) in [7, 11) is 0. The van der Waals surface area contributed by atoms with Gasteiger partial charge in [0.2, 0.25) is 0 Å². The van der Waals surface area contributed by atoms with Gasteiger partial charge in [0.15, 0.2) is 6.10 Å². The number of para-hydroxylation sites is 1. The summed E-state index contributed by atoms with van der Waals surface area (Å²) < 4.78 is 43.5. The molecule has 0 aliphatic carbocycles. The molecule has 0 saturated carbocycles. The van der Waals surface area contributed by atoms with E-state index in [1.165, 1.54) is 13.0 Å². The van der Waals surface area contributed by atoms with Gasteiger partial charge in [0, 0.05) is 11.0 Å². The highest BCUT2D eigenvalue weighted by molar-refractivity contribution is 5.98. The minimum Gasteiger partial charge on any atom is -0.492 e. The summed E-state index contributed by atoms with van der Waals surface area (Å²) in [4.78, 5) is 12.3. The Hall–Kier alpha value is -1.76. The molecule has 4 nitrogen and oxygen atoms in total. The number of ether oxygens (including phenoxy) is 1. The number of alkyl halides is 3. The standard InChI is InChI=1S/C16H20F3NO3/c1-4-11(13(21)16(17,18)19)20-14(22)9-6-5-7-10-12(9)23-8-15(10,2)3/h5-7,11,13,21H,4,8H2,1-3H3,(H,20,22). The van der Waals surface area contributed by atoms with Gasteiger partial charge in [-0.2, -0.15) is 13.2 Å². The minimum atomic E-state index is -4.79. The third kappa shape index (κ3) is 3.44. The van der Waals surface area contributed by atoms with E-state index >= 15 is 0 Å². The third-order valence-electron chi connectivity index (χ3n) is 4.04. The van der Waals surface area contributed by atoms with Crippen molar-refractivity contribution in [2.45, 2.75) is 50.9 Å². The fourth-order valence-corrected chi connectivity index (χ4v) is 2.61. The lowest BCUT2D eigenvalue weighted by Gasteiger charge is -2.25. The average molecular weight is 331 g/mol. The number of amides is 1. The molecular formula is C16H20F3NO3. The van der Waals surface area contributed by atoms with E-state index in [4.69, 9.17) is 4.74 Å². The summed E-state index contributed by atoms with van der Waals surface area (Å²) in [6, 6.07) is 3.60. The zero-order valence-corrected chi connectivity index (χ0v) is 13.2. The molecule has 1 aromatic rings. The first kappa shape index (κ1) is 17.6. The number of carbonyl (C=O) groups is 1. The van der Waals surface area contributed by atoms with Crippen LogP contribution in [-0.2, 0) is 5.41 Å². The molecule has 0 bridgehead atoms. The molecule has 2 atom stereocenters. The molecule has 0 aromatic heterocycles. The van der Waals surface area contributed by atoms with E-state index in [2.05, 4.69) is 5.32 Å². The van der Waals surface area contributed by atoms with Gasteiger partial charge in [0.25, 0.3) is 5.91 Å². The molecule has 1 aliphatic heterocycles. The van der Waals surface area contributed by atoms with E-state index in [1.807, 2.05) is 19.9 Å². The molecule has 23 heavy (non-hydrogen) atoms. The van der Waals surface area contributed by atoms with E-state index in [9.17, 15) is 23.1 Å². The summed E-state index contributed by atoms with van der Waals surface area (Å²) in [5.41, 5.74) is 0.761. The molecule has 2 unspecified atom stereocenters. The number of carbonyl (C=O) groups excluding carboxylic acids is 1. The molecule has 2 rings (SSSR count). The second kappa shape index (κ2) is 6.03. The maximum Gasteiger partial charge on any atom is 0.416 e. The fourth-order valence-electron chi connectivity index (χ4n) is 2.61. The van der Waals surface area contributed by atoms with Gasteiger partial charge in [-0.3, -0.25) is 4.79 Å². The Labute approximate surface area is 132 Å². The van der Waals surface area contributed by atoms with Crippen molar-refractivity contribution in [2.24, 2.45) is 0 Å². The molecule has 128 valence electrons. The second-order valence-corrected chi connectivity index (χ2v) is 6.33. The van der Waals surface area contributed by atoms with Gasteiger partial charge < -0.3 is 15.2 Å². The van der Waals surface area contributed by atoms with Crippen molar-refractivity contribution in [1.29, 1.82) is 0 Å². The normalized spacial score (nSPS) is 18.7. The van der Waals surface area contributed by atoms with Gasteiger partial charge in [-0.05, 0) is 12.5 Å². The van der Waals surface area contributed by atoms with Crippen LogP contribution in [0.5, 0.6) is 5.75 Å². The topological polar surface area (TPSA) is 58.6 Å². The minimum absolute atomic E-state index is 0.0478. The average Bonchev–Trinajstić information content (AvgIpc) is 2.78. The number of nitrogens with one attached hydrogen (secondary N) is 1. The van der Waals surface area contributed by atoms with Crippen molar-refractivity contribution >= 4 is 5.91 Å². The van der Waals surface area contributed by atoms with Crippen LogP contribution in [0.15, 0.2) is 18.2 Å². The van der Waals surface area contributed by atoms with Crippen molar-refractivity contribution in [3.05, 3.63) is 29.3 Å². The Morgan fingerprint density at radius 2 is 2.09 bits per heavy atom. The number of hydrogen-bond donors (Lipinski definition) is 2. The van der Waals surface area contributed by atoms with Crippen molar-refractivity contribution in [2.75, 3.05) is 6.61 Å². The van der Waals surface area contributed by atoms with Gasteiger partial charge in [0.05, 0.1) is 18.2 Å². The lowest BCUT2D eigenvalue weighted by molar-refractivity contribution is -0.211. The maximum absolute atomic E-state index is 12.6. The predicted octanol–water partition coefficient (Wildman–Crippen LogP) is 2.79. The van der Waals surface area contributed by atoms with Crippen molar-refractivity contribution in [3.8, 4) is 5.75 Å². The Morgan fingerprint density at radius 3 is 2.65 bits per heavy atom. The summed E-state index contributed by atoms with van der Waals surface area (Å²) in [6.07, 6.45) is -7.44. The summed E-state index contributed by atoms with van der Waals surface area (Å²) >= 11 is 0. The highest BCUT2D eigenvalue weighted by Gasteiger charge is 2.44. The van der Waals surface area contributed by atoms with E-state index in [0.717, 1.165) is 5.56 Å². The number of hydrogen-bond acceptors (Lipinski definition) is 3. The number of benzene rings is 1. The SMILES string of the molecule is CCC(NC(=O)c1cccc2c1OCC2(C)C)C(O)C(F)(F)F. The molecule has 0 spiro atoms. The number of halogens is 3. The molecule has 0 saturated heterocycles. The van der Waals surface area contributed by atoms with Gasteiger partial charge in [-0.25, -0.2) is 0 Å². The zero-order valence-electron chi connectivity index (χ0n) is 13.2. The highest BCUT2D eigenvalue weighted by atomic mass is 19.4. The van der Waals surface area contributed by atoms with Crippen LogP contribution in [0, 0.1) is 0 Å².